The lowest BCUT2D eigenvalue weighted by Crippen LogP contribution is -2.52. The van der Waals surface area contributed by atoms with Gasteiger partial charge in [0, 0.05) is 12.3 Å². The van der Waals surface area contributed by atoms with Crippen molar-refractivity contribution in [1.82, 2.24) is 5.32 Å². The number of para-hydroxylation sites is 1. The molecular weight excluding hydrogens is 228 g/mol. The Hall–Kier alpha value is -1.55. The molecule has 2 atom stereocenters. The standard InChI is InChI=1S/C14H20N2O2/c1-11-14(2,8-9-18-11)16-13(17)10-15-12-6-4-3-5-7-12/h3-7,11,15H,8-10H2,1-2H3,(H,16,17). The van der Waals surface area contributed by atoms with E-state index in [1.54, 1.807) is 0 Å². The zero-order valence-corrected chi connectivity index (χ0v) is 10.9. The van der Waals surface area contributed by atoms with Gasteiger partial charge in [-0.2, -0.15) is 0 Å². The SMILES string of the molecule is CC1OCCC1(C)NC(=O)CNc1ccccc1. The van der Waals surface area contributed by atoms with Crippen molar-refractivity contribution in [3.63, 3.8) is 0 Å². The largest absolute Gasteiger partial charge is 0.376 e. The van der Waals surface area contributed by atoms with Crippen LogP contribution in [-0.2, 0) is 9.53 Å². The Morgan fingerprint density at radius 1 is 1.44 bits per heavy atom. The second-order valence-corrected chi connectivity index (χ2v) is 4.95. The normalized spacial score (nSPS) is 26.9. The highest BCUT2D eigenvalue weighted by Crippen LogP contribution is 2.24. The topological polar surface area (TPSA) is 50.4 Å². The molecule has 1 aliphatic rings. The fourth-order valence-electron chi connectivity index (χ4n) is 2.10. The van der Waals surface area contributed by atoms with Gasteiger partial charge >= 0.3 is 0 Å². The van der Waals surface area contributed by atoms with E-state index >= 15 is 0 Å². The summed E-state index contributed by atoms with van der Waals surface area (Å²) in [6.07, 6.45) is 0.934. The highest BCUT2D eigenvalue weighted by atomic mass is 16.5. The lowest BCUT2D eigenvalue weighted by atomic mass is 9.95. The van der Waals surface area contributed by atoms with Crippen molar-refractivity contribution < 1.29 is 9.53 Å². The third-order valence-electron chi connectivity index (χ3n) is 3.54. The van der Waals surface area contributed by atoms with Crippen molar-refractivity contribution in [2.45, 2.75) is 31.9 Å². The van der Waals surface area contributed by atoms with E-state index in [-0.39, 0.29) is 24.1 Å². The maximum absolute atomic E-state index is 11.9. The summed E-state index contributed by atoms with van der Waals surface area (Å²) in [6, 6.07) is 9.71. The van der Waals surface area contributed by atoms with Gasteiger partial charge in [-0.15, -0.1) is 0 Å². The van der Waals surface area contributed by atoms with Crippen molar-refractivity contribution >= 4 is 11.6 Å². The van der Waals surface area contributed by atoms with E-state index in [1.807, 2.05) is 44.2 Å². The number of hydrogen-bond donors (Lipinski definition) is 2. The quantitative estimate of drug-likeness (QED) is 0.854. The molecule has 4 nitrogen and oxygen atoms in total. The molecule has 98 valence electrons. The van der Waals surface area contributed by atoms with Crippen LogP contribution in [0.1, 0.15) is 20.3 Å². The van der Waals surface area contributed by atoms with Gasteiger partial charge in [-0.3, -0.25) is 4.79 Å². The smallest absolute Gasteiger partial charge is 0.239 e. The Morgan fingerprint density at radius 3 is 2.78 bits per heavy atom. The van der Waals surface area contributed by atoms with Crippen molar-refractivity contribution in [3.8, 4) is 0 Å². The van der Waals surface area contributed by atoms with Gasteiger partial charge in [-0.05, 0) is 32.4 Å². The van der Waals surface area contributed by atoms with Crippen LogP contribution in [0.5, 0.6) is 0 Å². The van der Waals surface area contributed by atoms with Gasteiger partial charge in [0.05, 0.1) is 18.2 Å². The highest BCUT2D eigenvalue weighted by molar-refractivity contribution is 5.81. The average Bonchev–Trinajstić information content (AvgIpc) is 2.68. The molecule has 1 aliphatic heterocycles. The number of rotatable bonds is 4. The third-order valence-corrected chi connectivity index (χ3v) is 3.54. The molecule has 1 heterocycles. The molecule has 0 bridgehead atoms. The zero-order valence-electron chi connectivity index (χ0n) is 10.9. The first kappa shape index (κ1) is 12.9. The fourth-order valence-corrected chi connectivity index (χ4v) is 2.10. The summed E-state index contributed by atoms with van der Waals surface area (Å²) < 4.78 is 5.50. The second-order valence-electron chi connectivity index (χ2n) is 4.95. The van der Waals surface area contributed by atoms with E-state index in [1.165, 1.54) is 0 Å². The van der Waals surface area contributed by atoms with Crippen LogP contribution >= 0.6 is 0 Å². The first-order chi connectivity index (χ1) is 8.60. The third kappa shape index (κ3) is 3.01. The number of ether oxygens (including phenoxy) is 1. The van der Waals surface area contributed by atoms with Crippen LogP contribution in [0.15, 0.2) is 30.3 Å². The summed E-state index contributed by atoms with van der Waals surface area (Å²) in [5, 5.41) is 6.15. The lowest BCUT2D eigenvalue weighted by molar-refractivity contribution is -0.121. The van der Waals surface area contributed by atoms with Gasteiger partial charge in [0.1, 0.15) is 0 Å². The molecule has 1 aromatic rings. The number of amides is 1. The molecule has 1 saturated heterocycles. The van der Waals surface area contributed by atoms with Crippen molar-refractivity contribution in [3.05, 3.63) is 30.3 Å². The van der Waals surface area contributed by atoms with Gasteiger partial charge < -0.3 is 15.4 Å². The Kier molecular flexibility index (Phi) is 3.87. The molecule has 0 aliphatic carbocycles. The Bertz CT molecular complexity index is 408. The van der Waals surface area contributed by atoms with Crippen LogP contribution in [0.4, 0.5) is 5.69 Å². The van der Waals surface area contributed by atoms with Gasteiger partial charge in [-0.25, -0.2) is 0 Å². The van der Waals surface area contributed by atoms with Crippen LogP contribution in [0, 0.1) is 0 Å². The number of nitrogens with one attached hydrogen (secondary N) is 2. The second kappa shape index (κ2) is 5.40. The summed E-state index contributed by atoms with van der Waals surface area (Å²) in [5.74, 6) is -0.00120. The number of anilines is 1. The maximum Gasteiger partial charge on any atom is 0.239 e. The van der Waals surface area contributed by atoms with Crippen molar-refractivity contribution in [2.24, 2.45) is 0 Å². The minimum Gasteiger partial charge on any atom is -0.376 e. The summed E-state index contributed by atoms with van der Waals surface area (Å²) in [7, 11) is 0. The van der Waals surface area contributed by atoms with Crippen LogP contribution < -0.4 is 10.6 Å². The molecule has 2 unspecified atom stereocenters. The van der Waals surface area contributed by atoms with Crippen LogP contribution in [0.3, 0.4) is 0 Å². The van der Waals surface area contributed by atoms with Gasteiger partial charge in [-0.1, -0.05) is 18.2 Å². The number of carbonyl (C=O) groups excluding carboxylic acids is 1. The summed E-state index contributed by atoms with van der Waals surface area (Å²) in [4.78, 5) is 11.9. The molecule has 1 amide bonds. The number of benzene rings is 1. The highest BCUT2D eigenvalue weighted by Gasteiger charge is 2.37. The summed E-state index contributed by atoms with van der Waals surface area (Å²) >= 11 is 0. The van der Waals surface area contributed by atoms with Gasteiger partial charge in [0.15, 0.2) is 0 Å². The van der Waals surface area contributed by atoms with Crippen molar-refractivity contribution in [1.29, 1.82) is 0 Å². The minimum absolute atomic E-state index is 0.00120. The summed E-state index contributed by atoms with van der Waals surface area (Å²) in [5.41, 5.74) is 0.712. The molecule has 1 aromatic carbocycles. The monoisotopic (exact) mass is 248 g/mol. The zero-order chi connectivity index (χ0) is 13.0. The molecule has 4 heteroatoms. The van der Waals surface area contributed by atoms with E-state index in [2.05, 4.69) is 10.6 Å². The molecule has 0 saturated carbocycles. The molecule has 2 N–H and O–H groups in total. The molecule has 2 rings (SSSR count). The van der Waals surface area contributed by atoms with Crippen molar-refractivity contribution in [2.75, 3.05) is 18.5 Å². The molecule has 18 heavy (non-hydrogen) atoms. The first-order valence-corrected chi connectivity index (χ1v) is 6.32. The van der Waals surface area contributed by atoms with E-state index < -0.39 is 0 Å². The maximum atomic E-state index is 11.9. The van der Waals surface area contributed by atoms with Gasteiger partial charge in [0.2, 0.25) is 5.91 Å². The predicted molar refractivity (Wildman–Crippen MR) is 71.5 cm³/mol. The van der Waals surface area contributed by atoms with Crippen LogP contribution in [-0.4, -0.2) is 30.7 Å². The van der Waals surface area contributed by atoms with E-state index in [0.717, 1.165) is 12.1 Å². The number of hydrogen-bond acceptors (Lipinski definition) is 3. The molecule has 0 spiro atoms. The first-order valence-electron chi connectivity index (χ1n) is 6.32. The lowest BCUT2D eigenvalue weighted by Gasteiger charge is -2.29. The van der Waals surface area contributed by atoms with Crippen LogP contribution in [0.2, 0.25) is 0 Å². The number of carbonyl (C=O) groups is 1. The van der Waals surface area contributed by atoms with E-state index in [4.69, 9.17) is 4.74 Å². The van der Waals surface area contributed by atoms with Gasteiger partial charge in [0.25, 0.3) is 0 Å². The minimum atomic E-state index is -0.241. The molecule has 0 radical (unpaired) electrons. The Labute approximate surface area is 108 Å². The van der Waals surface area contributed by atoms with E-state index in [0.29, 0.717) is 6.61 Å². The summed E-state index contributed by atoms with van der Waals surface area (Å²) in [6.45, 7) is 5.03. The van der Waals surface area contributed by atoms with Crippen LogP contribution in [0.25, 0.3) is 0 Å². The molecular formula is C14H20N2O2. The molecule has 1 fully saturated rings. The Morgan fingerprint density at radius 2 is 2.17 bits per heavy atom. The Balaban J connectivity index is 1.82. The molecule has 0 aromatic heterocycles. The van der Waals surface area contributed by atoms with E-state index in [9.17, 15) is 4.79 Å². The average molecular weight is 248 g/mol. The predicted octanol–water partition coefficient (Wildman–Crippen LogP) is 1.78. The fraction of sp³-hybridized carbons (Fsp3) is 0.500.